The number of benzene rings is 1. The van der Waals surface area contributed by atoms with Crippen molar-refractivity contribution in [3.05, 3.63) is 42.0 Å². The molecule has 1 aromatic carbocycles. The Morgan fingerprint density at radius 3 is 3.00 bits per heavy atom. The maximum absolute atomic E-state index is 13.3. The molecule has 0 bridgehead atoms. The molecule has 0 aliphatic carbocycles. The zero-order valence-electron chi connectivity index (χ0n) is 9.44. The van der Waals surface area contributed by atoms with Crippen molar-refractivity contribution in [2.24, 2.45) is 0 Å². The lowest BCUT2D eigenvalue weighted by molar-refractivity contribution is 0.318. The largest absolute Gasteiger partial charge is 0.417 e. The van der Waals surface area contributed by atoms with Gasteiger partial charge in [-0.1, -0.05) is 19.1 Å². The molecule has 2 rings (SSSR count). The Kier molecular flexibility index (Phi) is 3.72. The Labute approximate surface area is 98.4 Å². The van der Waals surface area contributed by atoms with Crippen LogP contribution in [0.4, 0.5) is 4.39 Å². The maximum atomic E-state index is 13.3. The molecule has 90 valence electrons. The number of nitrogens with one attached hydrogen (secondary N) is 1. The van der Waals surface area contributed by atoms with Gasteiger partial charge in [-0.25, -0.2) is 4.39 Å². The summed E-state index contributed by atoms with van der Waals surface area (Å²) in [5, 5.41) is 3.10. The van der Waals surface area contributed by atoms with Gasteiger partial charge in [0.2, 0.25) is 0 Å². The summed E-state index contributed by atoms with van der Waals surface area (Å²) in [5.74, 6) is -0.344. The van der Waals surface area contributed by atoms with Crippen LogP contribution >= 0.6 is 0 Å². The molecule has 0 aliphatic rings. The minimum Gasteiger partial charge on any atom is -0.417 e. The van der Waals surface area contributed by atoms with E-state index in [0.717, 1.165) is 12.2 Å². The van der Waals surface area contributed by atoms with Gasteiger partial charge in [-0.3, -0.25) is 0 Å². The van der Waals surface area contributed by atoms with Crippen molar-refractivity contribution in [2.75, 3.05) is 6.54 Å². The third kappa shape index (κ3) is 3.04. The Morgan fingerprint density at radius 2 is 2.24 bits per heavy atom. The molecule has 0 saturated carbocycles. The van der Waals surface area contributed by atoms with E-state index in [2.05, 4.69) is 10.3 Å². The van der Waals surface area contributed by atoms with Gasteiger partial charge in [-0.15, -0.1) is 0 Å². The predicted octanol–water partition coefficient (Wildman–Crippen LogP) is 2.72. The number of oxazole rings is 1. The van der Waals surface area contributed by atoms with Crippen molar-refractivity contribution >= 4 is 0 Å². The molecule has 1 N–H and O–H groups in total. The quantitative estimate of drug-likeness (QED) is 0.867. The number of hydrogen-bond acceptors (Lipinski definition) is 4. The highest BCUT2D eigenvalue weighted by Gasteiger charge is 2.08. The summed E-state index contributed by atoms with van der Waals surface area (Å²) >= 11 is 0. The number of halogens is 1. The van der Waals surface area contributed by atoms with E-state index in [4.69, 9.17) is 9.15 Å². The second-order valence-electron chi connectivity index (χ2n) is 3.42. The van der Waals surface area contributed by atoms with Gasteiger partial charge in [0.25, 0.3) is 0 Å². The molecule has 0 saturated heterocycles. The molecule has 1 heterocycles. The van der Waals surface area contributed by atoms with Gasteiger partial charge >= 0.3 is 6.08 Å². The molecule has 0 spiro atoms. The molecule has 0 atom stereocenters. The zero-order chi connectivity index (χ0) is 12.1. The summed E-state index contributed by atoms with van der Waals surface area (Å²) in [6.07, 6.45) is 1.53. The monoisotopic (exact) mass is 236 g/mol. The van der Waals surface area contributed by atoms with Crippen LogP contribution in [-0.4, -0.2) is 11.5 Å². The van der Waals surface area contributed by atoms with Crippen molar-refractivity contribution in [2.45, 2.75) is 13.5 Å². The first-order chi connectivity index (χ1) is 8.29. The highest BCUT2D eigenvalue weighted by atomic mass is 19.1. The molecular formula is C12H13FN2O2. The molecule has 0 fully saturated rings. The number of para-hydroxylation sites is 1. The highest BCUT2D eigenvalue weighted by molar-refractivity contribution is 5.26. The smallest absolute Gasteiger partial charge is 0.399 e. The fourth-order valence-corrected chi connectivity index (χ4v) is 1.29. The lowest BCUT2D eigenvalue weighted by atomic mass is 10.3. The van der Waals surface area contributed by atoms with E-state index in [0.29, 0.717) is 6.54 Å². The third-order valence-electron chi connectivity index (χ3n) is 2.12. The van der Waals surface area contributed by atoms with Crippen LogP contribution in [0.5, 0.6) is 11.8 Å². The molecule has 0 radical (unpaired) electrons. The van der Waals surface area contributed by atoms with E-state index >= 15 is 0 Å². The summed E-state index contributed by atoms with van der Waals surface area (Å²) in [6, 6.07) is 6.11. The molecule has 0 aliphatic heterocycles. The van der Waals surface area contributed by atoms with Crippen molar-refractivity contribution < 1.29 is 13.5 Å². The number of rotatable bonds is 5. The lowest BCUT2D eigenvalue weighted by Crippen LogP contribution is -2.11. The first-order valence-electron chi connectivity index (χ1n) is 5.37. The van der Waals surface area contributed by atoms with Gasteiger partial charge in [-0.2, -0.15) is 4.98 Å². The van der Waals surface area contributed by atoms with Crippen LogP contribution in [0, 0.1) is 5.82 Å². The van der Waals surface area contributed by atoms with E-state index < -0.39 is 5.82 Å². The van der Waals surface area contributed by atoms with Gasteiger partial charge in [0.05, 0.1) is 5.69 Å². The minimum absolute atomic E-state index is 0.0444. The third-order valence-corrected chi connectivity index (χ3v) is 2.12. The van der Waals surface area contributed by atoms with E-state index in [1.54, 1.807) is 12.1 Å². The molecule has 2 aromatic rings. The lowest BCUT2D eigenvalue weighted by Gasteiger charge is -2.00. The second-order valence-corrected chi connectivity index (χ2v) is 3.42. The zero-order valence-corrected chi connectivity index (χ0v) is 9.44. The molecule has 17 heavy (non-hydrogen) atoms. The van der Waals surface area contributed by atoms with Crippen molar-refractivity contribution in [3.63, 3.8) is 0 Å². The first-order valence-corrected chi connectivity index (χ1v) is 5.37. The van der Waals surface area contributed by atoms with E-state index in [1.807, 2.05) is 6.92 Å². The Balaban J connectivity index is 2.04. The number of aromatic nitrogens is 1. The fourth-order valence-electron chi connectivity index (χ4n) is 1.29. The Hall–Kier alpha value is -1.88. The van der Waals surface area contributed by atoms with Crippen molar-refractivity contribution in [1.82, 2.24) is 10.3 Å². The number of ether oxygens (including phenoxy) is 1. The normalized spacial score (nSPS) is 10.5. The Morgan fingerprint density at radius 1 is 1.41 bits per heavy atom. The first kappa shape index (κ1) is 11.6. The van der Waals surface area contributed by atoms with Crippen LogP contribution in [0.15, 0.2) is 34.9 Å². The van der Waals surface area contributed by atoms with E-state index in [1.165, 1.54) is 18.4 Å². The van der Waals surface area contributed by atoms with Crippen LogP contribution < -0.4 is 10.1 Å². The van der Waals surface area contributed by atoms with Crippen molar-refractivity contribution in [3.8, 4) is 11.8 Å². The molecule has 0 amide bonds. The van der Waals surface area contributed by atoms with E-state index in [-0.39, 0.29) is 11.8 Å². The average Bonchev–Trinajstić information content (AvgIpc) is 2.77. The van der Waals surface area contributed by atoms with Crippen molar-refractivity contribution in [1.29, 1.82) is 0 Å². The van der Waals surface area contributed by atoms with Crippen LogP contribution in [-0.2, 0) is 6.54 Å². The number of hydrogen-bond donors (Lipinski definition) is 1. The Bertz CT molecular complexity index is 485. The molecule has 4 nitrogen and oxygen atoms in total. The SMILES string of the molecule is CCNCc1coc(Oc2ccccc2F)n1. The summed E-state index contributed by atoms with van der Waals surface area (Å²) < 4.78 is 23.5. The highest BCUT2D eigenvalue weighted by Crippen LogP contribution is 2.23. The van der Waals surface area contributed by atoms with Crippen LogP contribution in [0.1, 0.15) is 12.6 Å². The van der Waals surface area contributed by atoms with E-state index in [9.17, 15) is 4.39 Å². The fraction of sp³-hybridized carbons (Fsp3) is 0.250. The van der Waals surface area contributed by atoms with Crippen LogP contribution in [0.25, 0.3) is 0 Å². The standard InChI is InChI=1S/C12H13FN2O2/c1-2-14-7-9-8-16-12(15-9)17-11-6-4-3-5-10(11)13/h3-6,8,14H,2,7H2,1H3. The number of nitrogens with zero attached hydrogens (tertiary/aromatic N) is 1. The average molecular weight is 236 g/mol. The van der Waals surface area contributed by atoms with Gasteiger partial charge in [0, 0.05) is 6.54 Å². The molecule has 1 aromatic heterocycles. The van der Waals surface area contributed by atoms with Crippen LogP contribution in [0.3, 0.4) is 0 Å². The van der Waals surface area contributed by atoms with Gasteiger partial charge < -0.3 is 14.5 Å². The minimum atomic E-state index is -0.445. The second kappa shape index (κ2) is 5.45. The predicted molar refractivity (Wildman–Crippen MR) is 60.4 cm³/mol. The summed E-state index contributed by atoms with van der Waals surface area (Å²) in [7, 11) is 0. The molecule has 5 heteroatoms. The van der Waals surface area contributed by atoms with Gasteiger partial charge in [-0.05, 0) is 18.7 Å². The summed E-state index contributed by atoms with van der Waals surface area (Å²) in [4.78, 5) is 4.07. The van der Waals surface area contributed by atoms with Gasteiger partial charge in [0.15, 0.2) is 11.6 Å². The molecule has 0 unspecified atom stereocenters. The van der Waals surface area contributed by atoms with Gasteiger partial charge in [0.1, 0.15) is 6.26 Å². The summed E-state index contributed by atoms with van der Waals surface area (Å²) in [6.45, 7) is 3.44. The summed E-state index contributed by atoms with van der Waals surface area (Å²) in [5.41, 5.74) is 0.721. The maximum Gasteiger partial charge on any atom is 0.399 e. The molecular weight excluding hydrogens is 223 g/mol. The topological polar surface area (TPSA) is 47.3 Å². The van der Waals surface area contributed by atoms with Crippen LogP contribution in [0.2, 0.25) is 0 Å².